The summed E-state index contributed by atoms with van der Waals surface area (Å²) in [5.41, 5.74) is 9.72. The van der Waals surface area contributed by atoms with Gasteiger partial charge in [-0.1, -0.05) is 24.3 Å². The lowest BCUT2D eigenvalue weighted by Crippen LogP contribution is -2.26. The van der Waals surface area contributed by atoms with E-state index in [0.717, 1.165) is 48.8 Å². The van der Waals surface area contributed by atoms with Gasteiger partial charge in [0.2, 0.25) is 0 Å². The molecule has 2 amide bonds. The number of pyridine rings is 1. The number of aryl methyl sites for hydroxylation is 2. The minimum Gasteiger partial charge on any atom is -0.495 e. The number of fused-ring (bicyclic) bond motifs is 2. The molecule has 2 aliphatic rings. The molecule has 33 heavy (non-hydrogen) atoms. The zero-order valence-corrected chi connectivity index (χ0v) is 18.2. The molecule has 5 rings (SSSR count). The van der Waals surface area contributed by atoms with Crippen LogP contribution in [-0.4, -0.2) is 29.5 Å². The van der Waals surface area contributed by atoms with E-state index in [1.807, 2.05) is 30.3 Å². The molecule has 2 aliphatic heterocycles. The number of ether oxygens (including phenoxy) is 1. The largest absolute Gasteiger partial charge is 0.495 e. The van der Waals surface area contributed by atoms with Gasteiger partial charge in [0.25, 0.3) is 17.4 Å². The molecule has 1 atom stereocenters. The van der Waals surface area contributed by atoms with Crippen molar-refractivity contribution < 1.29 is 14.3 Å². The molecular weight excluding hydrogens is 420 g/mol. The third kappa shape index (κ3) is 3.63. The van der Waals surface area contributed by atoms with E-state index in [-0.39, 0.29) is 16.9 Å². The summed E-state index contributed by atoms with van der Waals surface area (Å²) >= 11 is 0. The van der Waals surface area contributed by atoms with Crippen molar-refractivity contribution in [3.63, 3.8) is 0 Å². The lowest BCUT2D eigenvalue weighted by atomic mass is 9.93. The maximum absolute atomic E-state index is 12.7. The topological polar surface area (TPSA) is 115 Å². The second-order valence-corrected chi connectivity index (χ2v) is 8.36. The zero-order valence-electron chi connectivity index (χ0n) is 18.2. The minimum atomic E-state index is -0.599. The van der Waals surface area contributed by atoms with E-state index in [9.17, 15) is 14.4 Å². The number of anilines is 2. The van der Waals surface area contributed by atoms with Gasteiger partial charge in [-0.05, 0) is 55.0 Å². The Hall–Kier alpha value is -4.07. The predicted molar refractivity (Wildman–Crippen MR) is 125 cm³/mol. The van der Waals surface area contributed by atoms with Gasteiger partial charge in [0.05, 0.1) is 29.6 Å². The van der Waals surface area contributed by atoms with Crippen LogP contribution in [-0.2, 0) is 12.8 Å². The average Bonchev–Trinajstić information content (AvgIpc) is 3.10. The highest BCUT2D eigenvalue weighted by Gasteiger charge is 2.31. The summed E-state index contributed by atoms with van der Waals surface area (Å²) in [5.74, 6) is -0.363. The molecular formula is C25H24N4O4. The Morgan fingerprint density at radius 1 is 1.09 bits per heavy atom. The number of carbonyl (C=O) groups is 2. The van der Waals surface area contributed by atoms with Crippen LogP contribution in [0.5, 0.6) is 5.75 Å². The first-order chi connectivity index (χ1) is 16.0. The Morgan fingerprint density at radius 2 is 1.91 bits per heavy atom. The Kier molecular flexibility index (Phi) is 5.12. The predicted octanol–water partition coefficient (Wildman–Crippen LogP) is 2.67. The Bertz CT molecular complexity index is 1330. The van der Waals surface area contributed by atoms with E-state index in [4.69, 9.17) is 10.5 Å². The fraction of sp³-hybridized carbons (Fsp3) is 0.240. The van der Waals surface area contributed by atoms with Gasteiger partial charge in [-0.2, -0.15) is 0 Å². The first-order valence-electron chi connectivity index (χ1n) is 10.9. The van der Waals surface area contributed by atoms with Crippen LogP contribution in [0.4, 0.5) is 11.5 Å². The lowest BCUT2D eigenvalue weighted by Gasteiger charge is -2.28. The van der Waals surface area contributed by atoms with Gasteiger partial charge >= 0.3 is 0 Å². The summed E-state index contributed by atoms with van der Waals surface area (Å²) < 4.78 is 6.78. The van der Waals surface area contributed by atoms with Crippen LogP contribution in [0.15, 0.2) is 53.3 Å². The molecule has 8 heteroatoms. The van der Waals surface area contributed by atoms with Crippen molar-refractivity contribution in [2.75, 3.05) is 18.2 Å². The monoisotopic (exact) mass is 444 g/mol. The quantitative estimate of drug-likeness (QED) is 0.521. The molecule has 0 radical (unpaired) electrons. The maximum Gasteiger partial charge on any atom is 0.262 e. The number of imide groups is 1. The molecule has 0 fully saturated rings. The van der Waals surface area contributed by atoms with Gasteiger partial charge in [0.15, 0.2) is 0 Å². The van der Waals surface area contributed by atoms with Crippen molar-refractivity contribution in [3.05, 3.63) is 81.1 Å². The average molecular weight is 444 g/mol. The number of carbonyl (C=O) groups excluding carboxylic acids is 2. The van der Waals surface area contributed by atoms with E-state index in [1.54, 1.807) is 13.2 Å². The van der Waals surface area contributed by atoms with Crippen molar-refractivity contribution in [3.8, 4) is 11.4 Å². The molecule has 4 N–H and O–H groups in total. The van der Waals surface area contributed by atoms with E-state index in [0.29, 0.717) is 11.7 Å². The number of nitrogen functional groups attached to an aromatic ring is 1. The Morgan fingerprint density at radius 3 is 2.73 bits per heavy atom. The van der Waals surface area contributed by atoms with E-state index in [1.165, 1.54) is 10.1 Å². The van der Waals surface area contributed by atoms with Gasteiger partial charge in [0.1, 0.15) is 11.6 Å². The molecule has 168 valence electrons. The first kappa shape index (κ1) is 20.8. The van der Waals surface area contributed by atoms with Crippen LogP contribution in [0.2, 0.25) is 0 Å². The summed E-state index contributed by atoms with van der Waals surface area (Å²) in [5, 5.41) is 5.80. The van der Waals surface area contributed by atoms with E-state index >= 15 is 0 Å². The van der Waals surface area contributed by atoms with Gasteiger partial charge in [-0.15, -0.1) is 0 Å². The van der Waals surface area contributed by atoms with Crippen LogP contribution < -0.4 is 26.7 Å². The third-order valence-corrected chi connectivity index (χ3v) is 6.35. The second-order valence-electron chi connectivity index (χ2n) is 8.36. The number of nitrogens with one attached hydrogen (secondary N) is 2. The number of aromatic nitrogens is 1. The number of rotatable bonds is 5. The highest BCUT2D eigenvalue weighted by atomic mass is 16.5. The number of para-hydroxylation sites is 1. The van der Waals surface area contributed by atoms with Crippen LogP contribution in [0.25, 0.3) is 5.69 Å². The molecule has 0 spiro atoms. The number of hydrogen-bond acceptors (Lipinski definition) is 6. The van der Waals surface area contributed by atoms with Gasteiger partial charge in [-0.3, -0.25) is 24.3 Å². The van der Waals surface area contributed by atoms with Crippen molar-refractivity contribution in [2.24, 2.45) is 0 Å². The summed E-state index contributed by atoms with van der Waals surface area (Å²) in [6.45, 7) is 0. The second kappa shape index (κ2) is 8.12. The lowest BCUT2D eigenvalue weighted by molar-refractivity contribution is 0.0880. The smallest absolute Gasteiger partial charge is 0.262 e. The standard InChI is InChI=1S/C25H24N4O4/c1-33-19-7-3-5-15-9-11-16(27-22(15)19)10-8-14-4-2-6-17(12-14)29-20(30)13-18-21(23(29)26)25(32)28-24(18)31/h2-7,12-13,16,27H,8-11,26H2,1H3,(H,28,31,32). The molecule has 8 nitrogen and oxygen atoms in total. The van der Waals surface area contributed by atoms with Crippen LogP contribution >= 0.6 is 0 Å². The SMILES string of the molecule is COc1cccc2c1NC(CCc1cccc(-n3c(N)c4c(cc3=O)C(=O)NC4=O)c1)CC2. The summed E-state index contributed by atoms with van der Waals surface area (Å²) in [6, 6.07) is 15.1. The van der Waals surface area contributed by atoms with Crippen LogP contribution in [0, 0.1) is 0 Å². The summed E-state index contributed by atoms with van der Waals surface area (Å²) in [7, 11) is 1.68. The number of nitrogens with two attached hydrogens (primary N) is 1. The Labute approximate surface area is 190 Å². The number of methoxy groups -OCH3 is 1. The van der Waals surface area contributed by atoms with Crippen LogP contribution in [0.3, 0.4) is 0 Å². The number of amides is 2. The molecule has 0 saturated heterocycles. The normalized spacial score (nSPS) is 16.6. The molecule has 2 aromatic carbocycles. The fourth-order valence-corrected chi connectivity index (χ4v) is 4.68. The van der Waals surface area contributed by atoms with Crippen LogP contribution in [0.1, 0.15) is 44.7 Å². The molecule has 3 aromatic rings. The number of nitrogens with zero attached hydrogens (tertiary/aromatic N) is 1. The number of hydrogen-bond donors (Lipinski definition) is 3. The molecule has 0 saturated carbocycles. The maximum atomic E-state index is 12.7. The minimum absolute atomic E-state index is 0.0222. The molecule has 0 aliphatic carbocycles. The summed E-state index contributed by atoms with van der Waals surface area (Å²) in [6.07, 6.45) is 3.73. The molecule has 0 bridgehead atoms. The Balaban J connectivity index is 1.37. The molecule has 1 unspecified atom stereocenters. The van der Waals surface area contributed by atoms with Gasteiger partial charge in [0, 0.05) is 12.1 Å². The highest BCUT2D eigenvalue weighted by molar-refractivity contribution is 6.23. The van der Waals surface area contributed by atoms with E-state index < -0.39 is 17.4 Å². The van der Waals surface area contributed by atoms with Crippen molar-refractivity contribution in [1.82, 2.24) is 9.88 Å². The van der Waals surface area contributed by atoms with E-state index in [2.05, 4.69) is 16.7 Å². The van der Waals surface area contributed by atoms with Gasteiger partial charge in [-0.25, -0.2) is 0 Å². The molecule has 1 aromatic heterocycles. The molecule has 3 heterocycles. The van der Waals surface area contributed by atoms with Gasteiger partial charge < -0.3 is 15.8 Å². The fourth-order valence-electron chi connectivity index (χ4n) is 4.68. The third-order valence-electron chi connectivity index (χ3n) is 6.35. The number of benzene rings is 2. The first-order valence-corrected chi connectivity index (χ1v) is 10.9. The zero-order chi connectivity index (χ0) is 23.1. The van der Waals surface area contributed by atoms with Crippen molar-refractivity contribution >= 4 is 23.3 Å². The summed E-state index contributed by atoms with van der Waals surface area (Å²) in [4.78, 5) is 36.7. The van der Waals surface area contributed by atoms with Crippen molar-refractivity contribution in [1.29, 1.82) is 0 Å². The van der Waals surface area contributed by atoms with Crippen molar-refractivity contribution in [2.45, 2.75) is 31.7 Å². The highest BCUT2D eigenvalue weighted by Crippen LogP contribution is 2.34.